The minimum absolute atomic E-state index is 0.0929. The summed E-state index contributed by atoms with van der Waals surface area (Å²) in [5.41, 5.74) is -0.742. The van der Waals surface area contributed by atoms with Crippen molar-refractivity contribution >= 4 is 5.97 Å². The van der Waals surface area contributed by atoms with Crippen LogP contribution >= 0.6 is 0 Å². The summed E-state index contributed by atoms with van der Waals surface area (Å²) in [5, 5.41) is 9.16. The van der Waals surface area contributed by atoms with Gasteiger partial charge < -0.3 is 9.84 Å². The lowest BCUT2D eigenvalue weighted by Crippen LogP contribution is -2.36. The van der Waals surface area contributed by atoms with Crippen molar-refractivity contribution in [3.63, 3.8) is 0 Å². The Morgan fingerprint density at radius 1 is 1.27 bits per heavy atom. The Hall–Kier alpha value is -0.570. The molecule has 0 rings (SSSR count). The molecule has 0 fully saturated rings. The first-order chi connectivity index (χ1) is 6.59. The average molecular weight is 216 g/mol. The fourth-order valence-corrected chi connectivity index (χ4v) is 1.63. The number of carbonyl (C=O) groups excluding carboxylic acids is 1. The van der Waals surface area contributed by atoms with Crippen LogP contribution in [0.15, 0.2) is 0 Å². The van der Waals surface area contributed by atoms with Crippen LogP contribution in [0.1, 0.15) is 48.0 Å². The summed E-state index contributed by atoms with van der Waals surface area (Å²) < 4.78 is 5.39. The molecule has 0 saturated carbocycles. The highest BCUT2D eigenvalue weighted by atomic mass is 16.6. The van der Waals surface area contributed by atoms with Crippen molar-refractivity contribution in [2.75, 3.05) is 6.61 Å². The third-order valence-corrected chi connectivity index (χ3v) is 2.18. The number of hydrogen-bond donors (Lipinski definition) is 1. The van der Waals surface area contributed by atoms with Crippen molar-refractivity contribution in [3.05, 3.63) is 0 Å². The van der Waals surface area contributed by atoms with Crippen LogP contribution in [0.5, 0.6) is 0 Å². The highest BCUT2D eigenvalue weighted by Gasteiger charge is 2.31. The third-order valence-electron chi connectivity index (χ3n) is 2.18. The summed E-state index contributed by atoms with van der Waals surface area (Å²) in [5.74, 6) is -0.296. The van der Waals surface area contributed by atoms with Gasteiger partial charge in [0.25, 0.3) is 0 Å². The van der Waals surface area contributed by atoms with Crippen molar-refractivity contribution in [2.24, 2.45) is 11.3 Å². The fraction of sp³-hybridized carbons (Fsp3) is 0.917. The van der Waals surface area contributed by atoms with E-state index in [1.165, 1.54) is 0 Å². The Bertz CT molecular complexity index is 217. The molecule has 0 amide bonds. The molecule has 3 heteroatoms. The molecule has 0 aromatic rings. The van der Waals surface area contributed by atoms with E-state index in [9.17, 15) is 4.79 Å². The largest absolute Gasteiger partial charge is 0.459 e. The van der Waals surface area contributed by atoms with Crippen LogP contribution in [0.4, 0.5) is 0 Å². The van der Waals surface area contributed by atoms with E-state index in [4.69, 9.17) is 9.84 Å². The number of esters is 1. The van der Waals surface area contributed by atoms with E-state index in [0.29, 0.717) is 6.42 Å². The van der Waals surface area contributed by atoms with Gasteiger partial charge >= 0.3 is 5.97 Å². The van der Waals surface area contributed by atoms with Gasteiger partial charge in [0.05, 0.1) is 5.92 Å². The molecule has 0 saturated heterocycles. The minimum Gasteiger partial charge on any atom is -0.459 e. The van der Waals surface area contributed by atoms with E-state index in [-0.39, 0.29) is 23.9 Å². The second kappa shape index (κ2) is 4.97. The van der Waals surface area contributed by atoms with Crippen molar-refractivity contribution in [1.82, 2.24) is 0 Å². The van der Waals surface area contributed by atoms with E-state index in [2.05, 4.69) is 0 Å². The molecule has 0 aliphatic carbocycles. The summed E-state index contributed by atoms with van der Waals surface area (Å²) in [7, 11) is 0. The van der Waals surface area contributed by atoms with Gasteiger partial charge in [0, 0.05) is 6.61 Å². The van der Waals surface area contributed by atoms with Crippen molar-refractivity contribution < 1.29 is 14.6 Å². The molecule has 0 radical (unpaired) electrons. The highest BCUT2D eigenvalue weighted by molar-refractivity contribution is 5.71. The maximum Gasteiger partial charge on any atom is 0.308 e. The molecular weight excluding hydrogens is 192 g/mol. The molecule has 0 aliphatic heterocycles. The van der Waals surface area contributed by atoms with E-state index < -0.39 is 5.60 Å². The lowest BCUT2D eigenvalue weighted by atomic mass is 9.82. The van der Waals surface area contributed by atoms with E-state index in [0.717, 1.165) is 0 Å². The maximum atomic E-state index is 11.4. The zero-order chi connectivity index (χ0) is 12.3. The number of rotatable bonds is 5. The monoisotopic (exact) mass is 216 g/mol. The first-order valence-corrected chi connectivity index (χ1v) is 5.43. The van der Waals surface area contributed by atoms with Gasteiger partial charge in [-0.2, -0.15) is 0 Å². The molecule has 3 nitrogen and oxygen atoms in total. The normalized spacial score (nSPS) is 13.1. The molecule has 0 unspecified atom stereocenters. The molecule has 0 atom stereocenters. The van der Waals surface area contributed by atoms with Crippen molar-refractivity contribution in [1.29, 1.82) is 0 Å². The Balaban J connectivity index is 4.37. The van der Waals surface area contributed by atoms with Gasteiger partial charge in [-0.3, -0.25) is 4.79 Å². The maximum absolute atomic E-state index is 11.4. The predicted octanol–water partition coefficient (Wildman–Crippen LogP) is 2.37. The van der Waals surface area contributed by atoms with E-state index >= 15 is 0 Å². The van der Waals surface area contributed by atoms with Gasteiger partial charge in [-0.15, -0.1) is 0 Å². The third kappa shape index (κ3) is 5.78. The predicted molar refractivity (Wildman–Crippen MR) is 60.5 cm³/mol. The zero-order valence-corrected chi connectivity index (χ0v) is 10.8. The Morgan fingerprint density at radius 3 is 2.07 bits per heavy atom. The molecule has 0 spiro atoms. The standard InChI is InChI=1S/C12H24O3/c1-9(2)10(14)15-12(5,6)7-11(3,4)8-13/h9,13H,7-8H2,1-6H3. The van der Waals surface area contributed by atoms with Crippen molar-refractivity contribution in [3.8, 4) is 0 Å². The second-order valence-corrected chi connectivity index (χ2v) is 5.83. The quantitative estimate of drug-likeness (QED) is 0.718. The number of carbonyl (C=O) groups is 1. The smallest absolute Gasteiger partial charge is 0.308 e. The summed E-state index contributed by atoms with van der Waals surface area (Å²) in [6.07, 6.45) is 0.648. The Kier molecular flexibility index (Phi) is 4.78. The molecule has 0 aliphatic rings. The van der Waals surface area contributed by atoms with Gasteiger partial charge in [-0.1, -0.05) is 27.7 Å². The second-order valence-electron chi connectivity index (χ2n) is 5.83. The van der Waals surface area contributed by atoms with Gasteiger partial charge in [0.15, 0.2) is 0 Å². The van der Waals surface area contributed by atoms with Crippen LogP contribution in [-0.4, -0.2) is 23.3 Å². The molecule has 15 heavy (non-hydrogen) atoms. The molecular formula is C12H24O3. The van der Waals surface area contributed by atoms with E-state index in [1.54, 1.807) is 0 Å². The fourth-order valence-electron chi connectivity index (χ4n) is 1.63. The van der Waals surface area contributed by atoms with Crippen LogP contribution in [0, 0.1) is 11.3 Å². The molecule has 1 N–H and O–H groups in total. The van der Waals surface area contributed by atoms with Crippen molar-refractivity contribution in [2.45, 2.75) is 53.6 Å². The minimum atomic E-state index is -0.520. The van der Waals surface area contributed by atoms with Crippen LogP contribution in [-0.2, 0) is 9.53 Å². The molecule has 90 valence electrons. The van der Waals surface area contributed by atoms with Crippen LogP contribution in [0.25, 0.3) is 0 Å². The Labute approximate surface area is 92.8 Å². The van der Waals surface area contributed by atoms with Crippen LogP contribution in [0.3, 0.4) is 0 Å². The summed E-state index contributed by atoms with van der Waals surface area (Å²) in [6.45, 7) is 11.4. The number of ether oxygens (including phenoxy) is 1. The molecule has 0 aromatic heterocycles. The zero-order valence-electron chi connectivity index (χ0n) is 10.8. The Morgan fingerprint density at radius 2 is 1.73 bits per heavy atom. The molecule has 0 bridgehead atoms. The average Bonchev–Trinajstić information content (AvgIpc) is 2.01. The van der Waals surface area contributed by atoms with Gasteiger partial charge in [0.1, 0.15) is 5.60 Å². The number of hydrogen-bond acceptors (Lipinski definition) is 3. The summed E-state index contributed by atoms with van der Waals surface area (Å²) in [6, 6.07) is 0. The first kappa shape index (κ1) is 14.4. The summed E-state index contributed by atoms with van der Waals surface area (Å²) in [4.78, 5) is 11.4. The SMILES string of the molecule is CC(C)C(=O)OC(C)(C)CC(C)(C)CO. The lowest BCUT2D eigenvalue weighted by Gasteiger charge is -2.33. The molecule has 0 aromatic carbocycles. The summed E-state index contributed by atoms with van der Waals surface area (Å²) >= 11 is 0. The van der Waals surface area contributed by atoms with Crippen LogP contribution < -0.4 is 0 Å². The topological polar surface area (TPSA) is 46.5 Å². The number of aliphatic hydroxyl groups excluding tert-OH is 1. The molecule has 0 heterocycles. The lowest BCUT2D eigenvalue weighted by molar-refractivity contribution is -0.163. The van der Waals surface area contributed by atoms with Crippen LogP contribution in [0.2, 0.25) is 0 Å². The number of aliphatic hydroxyl groups is 1. The highest BCUT2D eigenvalue weighted by Crippen LogP contribution is 2.30. The van der Waals surface area contributed by atoms with Gasteiger partial charge in [-0.05, 0) is 25.7 Å². The van der Waals surface area contributed by atoms with E-state index in [1.807, 2.05) is 41.5 Å². The van der Waals surface area contributed by atoms with Gasteiger partial charge in [-0.25, -0.2) is 0 Å². The first-order valence-electron chi connectivity index (χ1n) is 5.43. The van der Waals surface area contributed by atoms with Gasteiger partial charge in [0.2, 0.25) is 0 Å².